The molecule has 0 saturated heterocycles. The van der Waals surface area contributed by atoms with Crippen LogP contribution in [-0.2, 0) is 6.54 Å². The number of aliphatic imine (C=N–C) groups is 1. The van der Waals surface area contributed by atoms with Gasteiger partial charge >= 0.3 is 0 Å². The van der Waals surface area contributed by atoms with Gasteiger partial charge < -0.3 is 10.6 Å². The molecule has 1 unspecified atom stereocenters. The van der Waals surface area contributed by atoms with Crippen molar-refractivity contribution >= 4 is 29.9 Å². The highest BCUT2D eigenvalue weighted by atomic mass is 127. The van der Waals surface area contributed by atoms with Crippen LogP contribution in [-0.4, -0.2) is 35.9 Å². The predicted molar refractivity (Wildman–Crippen MR) is 131 cm³/mol. The minimum Gasteiger partial charge on any atom is -0.356 e. The quantitative estimate of drug-likeness (QED) is 0.276. The Morgan fingerprint density at radius 3 is 2.03 bits per heavy atom. The number of nitrogens with zero attached hydrogens (tertiary/aromatic N) is 3. The van der Waals surface area contributed by atoms with Crippen molar-refractivity contribution in [2.45, 2.75) is 19.4 Å². The SMILES string of the molecule is CN=C(NCC(C)Cn1cccn1)NCC(c1ccccc1)c1ccccc1.I. The summed E-state index contributed by atoms with van der Waals surface area (Å²) in [6.07, 6.45) is 3.81. The maximum Gasteiger partial charge on any atom is 0.191 e. The van der Waals surface area contributed by atoms with Crippen LogP contribution in [0.1, 0.15) is 24.0 Å². The Kier molecular flexibility index (Phi) is 9.70. The summed E-state index contributed by atoms with van der Waals surface area (Å²) in [5.41, 5.74) is 2.59. The second-order valence-electron chi connectivity index (χ2n) is 7.04. The second kappa shape index (κ2) is 12.3. The zero-order valence-electron chi connectivity index (χ0n) is 17.0. The van der Waals surface area contributed by atoms with Gasteiger partial charge in [-0.1, -0.05) is 67.6 Å². The van der Waals surface area contributed by atoms with Gasteiger partial charge in [0.15, 0.2) is 5.96 Å². The fraction of sp³-hybridized carbons (Fsp3) is 0.304. The molecule has 0 aliphatic carbocycles. The van der Waals surface area contributed by atoms with Gasteiger partial charge in [-0.2, -0.15) is 5.10 Å². The van der Waals surface area contributed by atoms with Gasteiger partial charge in [0, 0.05) is 45.0 Å². The van der Waals surface area contributed by atoms with E-state index in [1.807, 2.05) is 30.2 Å². The fourth-order valence-corrected chi connectivity index (χ4v) is 3.28. The van der Waals surface area contributed by atoms with Crippen LogP contribution >= 0.6 is 24.0 Å². The number of nitrogens with one attached hydrogen (secondary N) is 2. The lowest BCUT2D eigenvalue weighted by atomic mass is 9.91. The molecule has 0 amide bonds. The lowest BCUT2D eigenvalue weighted by molar-refractivity contribution is 0.443. The number of hydrogen-bond donors (Lipinski definition) is 2. The molecule has 2 aromatic carbocycles. The van der Waals surface area contributed by atoms with Crippen LogP contribution in [0.5, 0.6) is 0 Å². The summed E-state index contributed by atoms with van der Waals surface area (Å²) in [7, 11) is 1.81. The van der Waals surface area contributed by atoms with E-state index in [1.54, 1.807) is 0 Å². The van der Waals surface area contributed by atoms with Crippen molar-refractivity contribution in [2.24, 2.45) is 10.9 Å². The van der Waals surface area contributed by atoms with E-state index in [4.69, 9.17) is 0 Å². The number of benzene rings is 2. The Balaban J connectivity index is 0.00000300. The van der Waals surface area contributed by atoms with Crippen molar-refractivity contribution in [3.05, 3.63) is 90.3 Å². The first kappa shape index (κ1) is 22.9. The molecule has 2 N–H and O–H groups in total. The van der Waals surface area contributed by atoms with Crippen LogP contribution in [0.3, 0.4) is 0 Å². The molecular formula is C23H30IN5. The van der Waals surface area contributed by atoms with E-state index in [0.717, 1.165) is 25.6 Å². The zero-order chi connectivity index (χ0) is 19.6. The van der Waals surface area contributed by atoms with Gasteiger partial charge in [-0.15, -0.1) is 24.0 Å². The molecule has 0 aliphatic heterocycles. The molecule has 0 radical (unpaired) electrons. The minimum absolute atomic E-state index is 0. The molecule has 29 heavy (non-hydrogen) atoms. The summed E-state index contributed by atoms with van der Waals surface area (Å²) in [6, 6.07) is 23.2. The molecule has 1 atom stereocenters. The van der Waals surface area contributed by atoms with E-state index in [9.17, 15) is 0 Å². The smallest absolute Gasteiger partial charge is 0.191 e. The van der Waals surface area contributed by atoms with E-state index in [0.29, 0.717) is 5.92 Å². The average Bonchev–Trinajstić information content (AvgIpc) is 3.25. The third-order valence-corrected chi connectivity index (χ3v) is 4.78. The van der Waals surface area contributed by atoms with Gasteiger partial charge in [0.05, 0.1) is 0 Å². The fourth-order valence-electron chi connectivity index (χ4n) is 3.28. The zero-order valence-corrected chi connectivity index (χ0v) is 19.4. The molecule has 154 valence electrons. The maximum atomic E-state index is 4.39. The van der Waals surface area contributed by atoms with Crippen molar-refractivity contribution in [3.63, 3.8) is 0 Å². The van der Waals surface area contributed by atoms with Gasteiger partial charge in [0.25, 0.3) is 0 Å². The highest BCUT2D eigenvalue weighted by Gasteiger charge is 2.14. The van der Waals surface area contributed by atoms with Crippen molar-refractivity contribution in [3.8, 4) is 0 Å². The molecule has 3 aromatic rings. The van der Waals surface area contributed by atoms with Crippen LogP contribution in [0.25, 0.3) is 0 Å². The summed E-state index contributed by atoms with van der Waals surface area (Å²) >= 11 is 0. The molecule has 1 aromatic heterocycles. The normalized spacial score (nSPS) is 12.3. The van der Waals surface area contributed by atoms with Gasteiger partial charge in [-0.3, -0.25) is 9.67 Å². The van der Waals surface area contributed by atoms with Crippen molar-refractivity contribution < 1.29 is 0 Å². The summed E-state index contributed by atoms with van der Waals surface area (Å²) in [5, 5.41) is 11.2. The topological polar surface area (TPSA) is 54.2 Å². The summed E-state index contributed by atoms with van der Waals surface area (Å²) in [4.78, 5) is 4.39. The third-order valence-electron chi connectivity index (χ3n) is 4.78. The largest absolute Gasteiger partial charge is 0.356 e. The van der Waals surface area contributed by atoms with Gasteiger partial charge in [0.2, 0.25) is 0 Å². The van der Waals surface area contributed by atoms with Crippen LogP contribution in [0.4, 0.5) is 0 Å². The van der Waals surface area contributed by atoms with E-state index >= 15 is 0 Å². The molecule has 0 aliphatic rings. The minimum atomic E-state index is 0. The number of aromatic nitrogens is 2. The Morgan fingerprint density at radius 1 is 0.931 bits per heavy atom. The summed E-state index contributed by atoms with van der Waals surface area (Å²) in [5.74, 6) is 1.53. The van der Waals surface area contributed by atoms with Crippen molar-refractivity contribution in [1.29, 1.82) is 0 Å². The molecule has 0 saturated carbocycles. The van der Waals surface area contributed by atoms with E-state index < -0.39 is 0 Å². The van der Waals surface area contributed by atoms with Crippen LogP contribution in [0.15, 0.2) is 84.1 Å². The highest BCUT2D eigenvalue weighted by molar-refractivity contribution is 14.0. The van der Waals surface area contributed by atoms with E-state index in [1.165, 1.54) is 11.1 Å². The lowest BCUT2D eigenvalue weighted by Crippen LogP contribution is -2.41. The molecule has 5 nitrogen and oxygen atoms in total. The lowest BCUT2D eigenvalue weighted by Gasteiger charge is -2.21. The summed E-state index contributed by atoms with van der Waals surface area (Å²) < 4.78 is 1.96. The first-order valence-corrected chi connectivity index (χ1v) is 9.78. The molecule has 0 fully saturated rings. The highest BCUT2D eigenvalue weighted by Crippen LogP contribution is 2.23. The predicted octanol–water partition coefficient (Wildman–Crippen LogP) is 4.13. The average molecular weight is 503 g/mol. The van der Waals surface area contributed by atoms with E-state index in [-0.39, 0.29) is 29.9 Å². The number of guanidine groups is 1. The van der Waals surface area contributed by atoms with Gasteiger partial charge in [0.1, 0.15) is 0 Å². The molecule has 0 spiro atoms. The van der Waals surface area contributed by atoms with Crippen LogP contribution in [0.2, 0.25) is 0 Å². The van der Waals surface area contributed by atoms with Crippen LogP contribution < -0.4 is 10.6 Å². The summed E-state index contributed by atoms with van der Waals surface area (Å²) in [6.45, 7) is 4.70. The Bertz CT molecular complexity index is 795. The number of hydrogen-bond acceptors (Lipinski definition) is 2. The molecule has 1 heterocycles. The monoisotopic (exact) mass is 503 g/mol. The van der Waals surface area contributed by atoms with Gasteiger partial charge in [-0.25, -0.2) is 0 Å². The van der Waals surface area contributed by atoms with Crippen LogP contribution in [0, 0.1) is 5.92 Å². The first-order valence-electron chi connectivity index (χ1n) is 9.78. The molecule has 0 bridgehead atoms. The number of rotatable bonds is 8. The standard InChI is InChI=1S/C23H29N5.HI/c1-19(18-28-15-9-14-27-28)16-25-23(24-2)26-17-22(20-10-5-3-6-11-20)21-12-7-4-8-13-21;/h3-15,19,22H,16-18H2,1-2H3,(H2,24,25,26);1H. The maximum absolute atomic E-state index is 4.39. The third kappa shape index (κ3) is 7.20. The Labute approximate surface area is 190 Å². The Hall–Kier alpha value is -2.35. The van der Waals surface area contributed by atoms with Gasteiger partial charge in [-0.05, 0) is 23.1 Å². The Morgan fingerprint density at radius 2 is 1.52 bits per heavy atom. The van der Waals surface area contributed by atoms with Crippen molar-refractivity contribution in [1.82, 2.24) is 20.4 Å². The van der Waals surface area contributed by atoms with E-state index in [2.05, 4.69) is 88.3 Å². The molecule has 6 heteroatoms. The molecular weight excluding hydrogens is 473 g/mol. The van der Waals surface area contributed by atoms with Crippen molar-refractivity contribution in [2.75, 3.05) is 20.1 Å². The number of halogens is 1. The molecule has 3 rings (SSSR count). The second-order valence-corrected chi connectivity index (χ2v) is 7.04. The first-order chi connectivity index (χ1) is 13.8.